The summed E-state index contributed by atoms with van der Waals surface area (Å²) in [5.74, 6) is -0.0829. The lowest BCUT2D eigenvalue weighted by atomic mass is 9.79. The quantitative estimate of drug-likeness (QED) is 0.735. The SMILES string of the molecule is CC(C)(C)c1cc(C[O-])c([O])c(C(C)(C)C)c1. The molecule has 0 unspecified atom stereocenters. The molecule has 1 aromatic carbocycles. The van der Waals surface area contributed by atoms with Gasteiger partial charge in [-0.15, -0.1) is 6.61 Å². The largest absolute Gasteiger partial charge is 0.851 e. The Balaban J connectivity index is 3.50. The first-order valence-electron chi connectivity index (χ1n) is 6.00. The molecule has 0 bridgehead atoms. The van der Waals surface area contributed by atoms with Crippen LogP contribution in [0.2, 0.25) is 0 Å². The van der Waals surface area contributed by atoms with Crippen molar-refractivity contribution in [3.8, 4) is 5.75 Å². The van der Waals surface area contributed by atoms with Gasteiger partial charge in [0.15, 0.2) is 5.75 Å². The molecule has 0 aliphatic rings. The maximum absolute atomic E-state index is 12.1. The molecule has 17 heavy (non-hydrogen) atoms. The summed E-state index contributed by atoms with van der Waals surface area (Å²) in [6.45, 7) is 11.8. The van der Waals surface area contributed by atoms with Gasteiger partial charge in [-0.3, -0.25) is 5.11 Å². The van der Waals surface area contributed by atoms with Gasteiger partial charge < -0.3 is 5.11 Å². The van der Waals surface area contributed by atoms with Crippen LogP contribution in [0.15, 0.2) is 12.1 Å². The highest BCUT2D eigenvalue weighted by atomic mass is 16.3. The predicted molar refractivity (Wildman–Crippen MR) is 67.7 cm³/mol. The smallest absolute Gasteiger partial charge is 0.184 e. The summed E-state index contributed by atoms with van der Waals surface area (Å²) in [7, 11) is 0. The van der Waals surface area contributed by atoms with Crippen LogP contribution in [0.4, 0.5) is 0 Å². The fourth-order valence-electron chi connectivity index (χ4n) is 1.79. The molecule has 1 aromatic rings. The lowest BCUT2D eigenvalue weighted by Gasteiger charge is -2.27. The molecule has 0 fully saturated rings. The van der Waals surface area contributed by atoms with E-state index >= 15 is 0 Å². The average molecular weight is 234 g/mol. The summed E-state index contributed by atoms with van der Waals surface area (Å²) in [4.78, 5) is 0. The topological polar surface area (TPSA) is 43.0 Å². The molecule has 2 nitrogen and oxygen atoms in total. The molecule has 0 aliphatic carbocycles. The first-order chi connectivity index (χ1) is 7.57. The highest BCUT2D eigenvalue weighted by Crippen LogP contribution is 2.37. The van der Waals surface area contributed by atoms with Crippen molar-refractivity contribution < 1.29 is 10.2 Å². The molecule has 95 valence electrons. The van der Waals surface area contributed by atoms with Crippen LogP contribution in [0.3, 0.4) is 0 Å². The molecule has 0 atom stereocenters. The lowest BCUT2D eigenvalue weighted by molar-refractivity contribution is -0.386. The number of hydrogen-bond acceptors (Lipinski definition) is 1. The minimum absolute atomic E-state index is 0.0440. The van der Waals surface area contributed by atoms with Crippen molar-refractivity contribution in [3.63, 3.8) is 0 Å². The Bertz CT molecular complexity index is 406. The zero-order chi connectivity index (χ0) is 13.4. The minimum atomic E-state index is -0.439. The van der Waals surface area contributed by atoms with Gasteiger partial charge in [-0.2, -0.15) is 0 Å². The van der Waals surface area contributed by atoms with E-state index in [9.17, 15) is 10.2 Å². The summed E-state index contributed by atoms with van der Waals surface area (Å²) >= 11 is 0. The van der Waals surface area contributed by atoms with E-state index in [0.29, 0.717) is 5.56 Å². The zero-order valence-electron chi connectivity index (χ0n) is 11.7. The van der Waals surface area contributed by atoms with E-state index in [1.54, 1.807) is 6.07 Å². The molecule has 1 radical (unpaired) electrons. The zero-order valence-corrected chi connectivity index (χ0v) is 11.7. The van der Waals surface area contributed by atoms with Gasteiger partial charge in [-0.1, -0.05) is 53.7 Å². The Labute approximate surface area is 104 Å². The second-order valence-corrected chi connectivity index (χ2v) is 6.66. The van der Waals surface area contributed by atoms with Gasteiger partial charge in [0, 0.05) is 5.56 Å². The monoisotopic (exact) mass is 234 g/mol. The van der Waals surface area contributed by atoms with E-state index < -0.39 is 6.61 Å². The van der Waals surface area contributed by atoms with E-state index in [2.05, 4.69) is 20.8 Å². The van der Waals surface area contributed by atoms with Gasteiger partial charge in [0.1, 0.15) is 0 Å². The third kappa shape index (κ3) is 3.01. The normalized spacial score (nSPS) is 12.9. The third-order valence-electron chi connectivity index (χ3n) is 3.00. The summed E-state index contributed by atoms with van der Waals surface area (Å²) in [5.41, 5.74) is 1.94. The molecule has 0 amide bonds. The number of rotatable bonds is 1. The molecular formula is C15H22O2-. The highest BCUT2D eigenvalue weighted by molar-refractivity contribution is 5.48. The van der Waals surface area contributed by atoms with E-state index in [1.165, 1.54) is 0 Å². The van der Waals surface area contributed by atoms with Crippen molar-refractivity contribution in [2.75, 3.05) is 0 Å². The van der Waals surface area contributed by atoms with E-state index in [-0.39, 0.29) is 16.6 Å². The maximum atomic E-state index is 12.1. The second kappa shape index (κ2) is 4.34. The molecule has 0 spiro atoms. The molecule has 1 rings (SSSR count). The number of hydrogen-bond donors (Lipinski definition) is 0. The first-order valence-corrected chi connectivity index (χ1v) is 6.00. The van der Waals surface area contributed by atoms with Gasteiger partial charge in [-0.25, -0.2) is 0 Å². The molecule has 0 saturated carbocycles. The van der Waals surface area contributed by atoms with Crippen molar-refractivity contribution >= 4 is 0 Å². The molecule has 2 heteroatoms. The van der Waals surface area contributed by atoms with Crippen molar-refractivity contribution in [1.29, 1.82) is 0 Å². The number of benzene rings is 1. The second-order valence-electron chi connectivity index (χ2n) is 6.66. The molecule has 0 saturated heterocycles. The van der Waals surface area contributed by atoms with Crippen LogP contribution in [0.5, 0.6) is 5.75 Å². The molecule has 0 aliphatic heterocycles. The summed E-state index contributed by atoms with van der Waals surface area (Å²) < 4.78 is 0. The van der Waals surface area contributed by atoms with Crippen LogP contribution in [-0.2, 0) is 22.5 Å². The predicted octanol–water partition coefficient (Wildman–Crippen LogP) is 3.29. The van der Waals surface area contributed by atoms with Gasteiger partial charge in [0.25, 0.3) is 0 Å². The fraction of sp³-hybridized carbons (Fsp3) is 0.600. The van der Waals surface area contributed by atoms with Gasteiger partial charge in [-0.05, 0) is 22.0 Å². The van der Waals surface area contributed by atoms with Gasteiger partial charge >= 0.3 is 0 Å². The van der Waals surface area contributed by atoms with Crippen LogP contribution < -0.4 is 5.11 Å². The van der Waals surface area contributed by atoms with Crippen molar-refractivity contribution in [2.45, 2.75) is 59.0 Å². The van der Waals surface area contributed by atoms with Crippen molar-refractivity contribution in [1.82, 2.24) is 0 Å². The van der Waals surface area contributed by atoms with Crippen LogP contribution >= 0.6 is 0 Å². The van der Waals surface area contributed by atoms with E-state index in [0.717, 1.165) is 11.1 Å². The van der Waals surface area contributed by atoms with Crippen molar-refractivity contribution in [2.24, 2.45) is 0 Å². The van der Waals surface area contributed by atoms with E-state index in [1.807, 2.05) is 26.8 Å². The van der Waals surface area contributed by atoms with Crippen LogP contribution in [0, 0.1) is 0 Å². The lowest BCUT2D eigenvalue weighted by Crippen LogP contribution is -2.18. The molecule has 0 aromatic heterocycles. The standard InChI is InChI=1S/C15H22O2/c1-14(2,3)11-7-10(9-16)13(17)12(8-11)15(4,5)6/h7-8H,9H2,1-6H3/q-1. The Morgan fingerprint density at radius 2 is 1.53 bits per heavy atom. The van der Waals surface area contributed by atoms with Crippen LogP contribution in [0.1, 0.15) is 58.2 Å². The van der Waals surface area contributed by atoms with E-state index in [4.69, 9.17) is 0 Å². The summed E-state index contributed by atoms with van der Waals surface area (Å²) in [6, 6.07) is 3.73. The third-order valence-corrected chi connectivity index (χ3v) is 3.00. The van der Waals surface area contributed by atoms with Gasteiger partial charge in [0.2, 0.25) is 0 Å². The Hall–Kier alpha value is -1.02. The highest BCUT2D eigenvalue weighted by Gasteiger charge is 2.24. The van der Waals surface area contributed by atoms with Crippen molar-refractivity contribution in [3.05, 3.63) is 28.8 Å². The Morgan fingerprint density at radius 1 is 1.00 bits per heavy atom. The van der Waals surface area contributed by atoms with Crippen LogP contribution in [0.25, 0.3) is 0 Å². The summed E-state index contributed by atoms with van der Waals surface area (Å²) in [6.07, 6.45) is 0. The molecule has 0 N–H and O–H groups in total. The fourth-order valence-corrected chi connectivity index (χ4v) is 1.79. The minimum Gasteiger partial charge on any atom is -0.851 e. The molecular weight excluding hydrogens is 212 g/mol. The first kappa shape index (κ1) is 14.0. The summed E-state index contributed by atoms with van der Waals surface area (Å²) in [5, 5.41) is 23.2. The maximum Gasteiger partial charge on any atom is 0.184 e. The average Bonchev–Trinajstić information content (AvgIpc) is 2.14. The van der Waals surface area contributed by atoms with Gasteiger partial charge in [0.05, 0.1) is 0 Å². The molecule has 0 heterocycles. The Kier molecular flexibility index (Phi) is 3.58. The Morgan fingerprint density at radius 3 is 1.88 bits per heavy atom. The van der Waals surface area contributed by atoms with Crippen LogP contribution in [-0.4, -0.2) is 0 Å².